The fourth-order valence-electron chi connectivity index (χ4n) is 2.98. The van der Waals surface area contributed by atoms with Gasteiger partial charge in [-0.25, -0.2) is 0 Å². The maximum absolute atomic E-state index is 12.1. The molecule has 0 unspecified atom stereocenters. The summed E-state index contributed by atoms with van der Waals surface area (Å²) in [6, 6.07) is 7.73. The summed E-state index contributed by atoms with van der Waals surface area (Å²) in [4.78, 5) is 25.6. The zero-order valence-electron chi connectivity index (χ0n) is 14.7. The lowest BCUT2D eigenvalue weighted by molar-refractivity contribution is -0.128. The Kier molecular flexibility index (Phi) is 6.41. The summed E-state index contributed by atoms with van der Waals surface area (Å²) >= 11 is 0. The molecule has 0 aliphatic carbocycles. The Morgan fingerprint density at radius 3 is 2.83 bits per heavy atom. The molecule has 130 valence electrons. The monoisotopic (exact) mass is 330 g/mol. The Morgan fingerprint density at radius 1 is 1.42 bits per heavy atom. The van der Waals surface area contributed by atoms with Crippen LogP contribution in [-0.4, -0.2) is 43.0 Å². The molecule has 24 heavy (non-hydrogen) atoms. The summed E-state index contributed by atoms with van der Waals surface area (Å²) < 4.78 is 5.33. The minimum Gasteiger partial charge on any atom is -0.496 e. The highest BCUT2D eigenvalue weighted by molar-refractivity contribution is 5.88. The maximum atomic E-state index is 12.1. The van der Waals surface area contributed by atoms with E-state index in [4.69, 9.17) is 4.74 Å². The van der Waals surface area contributed by atoms with Crippen LogP contribution in [0.3, 0.4) is 0 Å². The first kappa shape index (κ1) is 18.0. The molecule has 0 spiro atoms. The van der Waals surface area contributed by atoms with Crippen LogP contribution >= 0.6 is 0 Å². The third kappa shape index (κ3) is 5.11. The van der Waals surface area contributed by atoms with Gasteiger partial charge in [-0.2, -0.15) is 0 Å². The van der Waals surface area contributed by atoms with Crippen LogP contribution in [0, 0.1) is 0 Å². The van der Waals surface area contributed by atoms with Crippen LogP contribution in [0.2, 0.25) is 0 Å². The summed E-state index contributed by atoms with van der Waals surface area (Å²) in [6.45, 7) is 5.22. The van der Waals surface area contributed by atoms with E-state index in [0.29, 0.717) is 19.4 Å². The number of benzene rings is 1. The van der Waals surface area contributed by atoms with E-state index in [1.165, 1.54) is 0 Å². The molecule has 1 N–H and O–H groups in total. The van der Waals surface area contributed by atoms with Crippen molar-refractivity contribution >= 4 is 11.8 Å². The van der Waals surface area contributed by atoms with Gasteiger partial charge < -0.3 is 15.0 Å². The second-order valence-electron chi connectivity index (χ2n) is 6.33. The number of methoxy groups -OCH3 is 1. The number of rotatable bonds is 7. The first-order chi connectivity index (χ1) is 11.5. The molecular weight excluding hydrogens is 304 g/mol. The van der Waals surface area contributed by atoms with Gasteiger partial charge in [-0.3, -0.25) is 9.59 Å². The smallest absolute Gasteiger partial charge is 0.244 e. The number of amides is 2. The van der Waals surface area contributed by atoms with Crippen molar-refractivity contribution in [2.75, 3.05) is 20.2 Å². The van der Waals surface area contributed by atoms with Crippen LogP contribution in [0.5, 0.6) is 5.75 Å². The van der Waals surface area contributed by atoms with E-state index in [1.54, 1.807) is 13.2 Å². The number of ether oxygens (including phenoxy) is 1. The van der Waals surface area contributed by atoms with Gasteiger partial charge in [-0.05, 0) is 38.3 Å². The van der Waals surface area contributed by atoms with E-state index in [0.717, 1.165) is 29.9 Å². The lowest BCUT2D eigenvalue weighted by Crippen LogP contribution is -2.41. The van der Waals surface area contributed by atoms with Crippen LogP contribution in [0.25, 0.3) is 0 Å². The molecule has 5 heteroatoms. The van der Waals surface area contributed by atoms with Crippen LogP contribution in [-0.2, 0) is 16.0 Å². The first-order valence-corrected chi connectivity index (χ1v) is 8.37. The number of hydrogen-bond donors (Lipinski definition) is 1. The van der Waals surface area contributed by atoms with Crippen molar-refractivity contribution in [2.24, 2.45) is 0 Å². The molecule has 0 radical (unpaired) electrons. The molecule has 2 rings (SSSR count). The predicted octanol–water partition coefficient (Wildman–Crippen LogP) is 2.31. The van der Waals surface area contributed by atoms with Crippen LogP contribution < -0.4 is 10.1 Å². The second kappa shape index (κ2) is 8.52. The normalized spacial score (nSPS) is 16.2. The Balaban J connectivity index is 1.87. The van der Waals surface area contributed by atoms with E-state index in [-0.39, 0.29) is 17.9 Å². The van der Waals surface area contributed by atoms with Crippen molar-refractivity contribution in [3.05, 3.63) is 41.5 Å². The Morgan fingerprint density at radius 2 is 2.17 bits per heavy atom. The van der Waals surface area contributed by atoms with Crippen LogP contribution in [0.1, 0.15) is 32.3 Å². The lowest BCUT2D eigenvalue weighted by Gasteiger charge is -2.21. The van der Waals surface area contributed by atoms with E-state index < -0.39 is 0 Å². The zero-order valence-corrected chi connectivity index (χ0v) is 14.7. The van der Waals surface area contributed by atoms with Gasteiger partial charge in [0.1, 0.15) is 5.75 Å². The third-order valence-electron chi connectivity index (χ3n) is 4.09. The van der Waals surface area contributed by atoms with Crippen molar-refractivity contribution in [1.29, 1.82) is 0 Å². The SMILES string of the molecule is COc1ccccc1C/C(C)=C\C(=O)N[C@H](C)CN1CCCC1=O. The minimum absolute atomic E-state index is 0.0603. The van der Waals surface area contributed by atoms with Gasteiger partial charge in [-0.1, -0.05) is 23.8 Å². The van der Waals surface area contributed by atoms with E-state index in [1.807, 2.05) is 43.0 Å². The first-order valence-electron chi connectivity index (χ1n) is 8.37. The molecule has 1 aliphatic rings. The predicted molar refractivity (Wildman–Crippen MR) is 93.9 cm³/mol. The quantitative estimate of drug-likeness (QED) is 0.781. The van der Waals surface area contributed by atoms with Crippen LogP contribution in [0.15, 0.2) is 35.9 Å². The van der Waals surface area contributed by atoms with E-state index in [9.17, 15) is 9.59 Å². The summed E-state index contributed by atoms with van der Waals surface area (Å²) in [5.41, 5.74) is 2.01. The molecule has 1 saturated heterocycles. The highest BCUT2D eigenvalue weighted by Crippen LogP contribution is 2.20. The highest BCUT2D eigenvalue weighted by atomic mass is 16.5. The van der Waals surface area contributed by atoms with Crippen molar-refractivity contribution in [1.82, 2.24) is 10.2 Å². The molecule has 0 bridgehead atoms. The topological polar surface area (TPSA) is 58.6 Å². The number of allylic oxidation sites excluding steroid dienone is 1. The Hall–Kier alpha value is -2.30. The van der Waals surface area contributed by atoms with Gasteiger partial charge in [0.2, 0.25) is 11.8 Å². The third-order valence-corrected chi connectivity index (χ3v) is 4.09. The second-order valence-corrected chi connectivity index (χ2v) is 6.33. The van der Waals surface area contributed by atoms with Gasteiger partial charge in [0.15, 0.2) is 0 Å². The molecule has 1 atom stereocenters. The molecule has 0 aromatic heterocycles. The molecule has 1 aromatic carbocycles. The molecule has 5 nitrogen and oxygen atoms in total. The van der Waals surface area contributed by atoms with Gasteiger partial charge in [0, 0.05) is 31.6 Å². The zero-order chi connectivity index (χ0) is 17.5. The fraction of sp³-hybridized carbons (Fsp3) is 0.474. The molecular formula is C19H26N2O3. The maximum Gasteiger partial charge on any atom is 0.244 e. The number of nitrogens with one attached hydrogen (secondary N) is 1. The van der Waals surface area contributed by atoms with E-state index >= 15 is 0 Å². The average Bonchev–Trinajstić information content (AvgIpc) is 2.92. The van der Waals surface area contributed by atoms with Gasteiger partial charge in [0.05, 0.1) is 7.11 Å². The number of likely N-dealkylation sites (tertiary alicyclic amines) is 1. The molecule has 1 aliphatic heterocycles. The largest absolute Gasteiger partial charge is 0.496 e. The molecule has 1 fully saturated rings. The Bertz CT molecular complexity index is 625. The minimum atomic E-state index is -0.124. The van der Waals surface area contributed by atoms with Crippen molar-refractivity contribution < 1.29 is 14.3 Å². The standard InChI is InChI=1S/C19H26N2O3/c1-14(11-16-7-4-5-8-17(16)24-3)12-18(22)20-15(2)13-21-10-6-9-19(21)23/h4-5,7-8,12,15H,6,9-11,13H2,1-3H3,(H,20,22)/b14-12-/t15-/m1/s1. The highest BCUT2D eigenvalue weighted by Gasteiger charge is 2.22. The Labute approximate surface area is 143 Å². The fourth-order valence-corrected chi connectivity index (χ4v) is 2.98. The number of carbonyl (C=O) groups is 2. The number of para-hydroxylation sites is 1. The van der Waals surface area contributed by atoms with Crippen molar-refractivity contribution in [3.8, 4) is 5.75 Å². The summed E-state index contributed by atoms with van der Waals surface area (Å²) in [5, 5.41) is 2.93. The lowest BCUT2D eigenvalue weighted by atomic mass is 10.0. The molecule has 1 heterocycles. The van der Waals surface area contributed by atoms with Crippen molar-refractivity contribution in [3.63, 3.8) is 0 Å². The average molecular weight is 330 g/mol. The molecule has 1 aromatic rings. The van der Waals surface area contributed by atoms with Crippen LogP contribution in [0.4, 0.5) is 0 Å². The summed E-state index contributed by atoms with van der Waals surface area (Å²) in [6.07, 6.45) is 3.82. The van der Waals surface area contributed by atoms with Crippen molar-refractivity contribution in [2.45, 2.75) is 39.2 Å². The number of nitrogens with zero attached hydrogens (tertiary/aromatic N) is 1. The van der Waals surface area contributed by atoms with Gasteiger partial charge in [0.25, 0.3) is 0 Å². The van der Waals surface area contributed by atoms with Gasteiger partial charge >= 0.3 is 0 Å². The summed E-state index contributed by atoms with van der Waals surface area (Å²) in [5.74, 6) is 0.882. The van der Waals surface area contributed by atoms with E-state index in [2.05, 4.69) is 5.32 Å². The summed E-state index contributed by atoms with van der Waals surface area (Å²) in [7, 11) is 1.64. The number of hydrogen-bond acceptors (Lipinski definition) is 3. The number of carbonyl (C=O) groups excluding carboxylic acids is 2. The van der Waals surface area contributed by atoms with Gasteiger partial charge in [-0.15, -0.1) is 0 Å². The molecule has 0 saturated carbocycles. The molecule has 2 amide bonds.